The lowest BCUT2D eigenvalue weighted by molar-refractivity contribution is -0.144. The summed E-state index contributed by atoms with van der Waals surface area (Å²) in [5.41, 5.74) is 0.960. The maximum atomic E-state index is 11.8. The first kappa shape index (κ1) is 13.6. The van der Waals surface area contributed by atoms with E-state index in [2.05, 4.69) is 12.2 Å². The van der Waals surface area contributed by atoms with Crippen molar-refractivity contribution < 1.29 is 9.53 Å². The average molecular weight is 235 g/mol. The van der Waals surface area contributed by atoms with Crippen LogP contribution in [0.3, 0.4) is 0 Å². The summed E-state index contributed by atoms with van der Waals surface area (Å²) >= 11 is 0. The van der Waals surface area contributed by atoms with Gasteiger partial charge in [-0.1, -0.05) is 38.0 Å². The van der Waals surface area contributed by atoms with Gasteiger partial charge in [0.2, 0.25) is 0 Å². The van der Waals surface area contributed by atoms with Gasteiger partial charge in [-0.2, -0.15) is 0 Å². The van der Waals surface area contributed by atoms with Gasteiger partial charge in [-0.25, -0.2) is 4.79 Å². The summed E-state index contributed by atoms with van der Waals surface area (Å²) in [4.78, 5) is 11.8. The summed E-state index contributed by atoms with van der Waals surface area (Å²) in [6, 6.07) is 9.53. The largest absolute Gasteiger partial charge is 0.464 e. The molecule has 0 aliphatic rings. The number of carbonyl (C=O) groups excluding carboxylic acids is 1. The third kappa shape index (κ3) is 4.89. The van der Waals surface area contributed by atoms with E-state index in [1.165, 1.54) is 0 Å². The number of nitrogens with one attached hydrogen (secondary N) is 1. The molecular weight excluding hydrogens is 214 g/mol. The predicted octanol–water partition coefficient (Wildman–Crippen LogP) is 3.22. The van der Waals surface area contributed by atoms with E-state index < -0.39 is 0 Å². The van der Waals surface area contributed by atoms with Gasteiger partial charge in [0.05, 0.1) is 6.61 Å². The van der Waals surface area contributed by atoms with Crippen molar-refractivity contribution in [2.24, 2.45) is 0 Å². The van der Waals surface area contributed by atoms with Gasteiger partial charge < -0.3 is 10.1 Å². The van der Waals surface area contributed by atoms with Crippen LogP contribution in [0.5, 0.6) is 0 Å². The van der Waals surface area contributed by atoms with Crippen molar-refractivity contribution in [1.29, 1.82) is 0 Å². The number of anilines is 1. The molecule has 94 valence electrons. The topological polar surface area (TPSA) is 38.3 Å². The van der Waals surface area contributed by atoms with Gasteiger partial charge in [0.15, 0.2) is 0 Å². The fraction of sp³-hybridized carbons (Fsp3) is 0.500. The number of unbranched alkanes of at least 4 members (excludes halogenated alkanes) is 1. The highest BCUT2D eigenvalue weighted by atomic mass is 16.5. The van der Waals surface area contributed by atoms with Crippen molar-refractivity contribution in [1.82, 2.24) is 0 Å². The molecule has 1 unspecified atom stereocenters. The van der Waals surface area contributed by atoms with E-state index in [1.807, 2.05) is 37.3 Å². The Morgan fingerprint density at radius 1 is 1.29 bits per heavy atom. The highest BCUT2D eigenvalue weighted by Crippen LogP contribution is 2.12. The molecule has 0 amide bonds. The SMILES string of the molecule is CCCCC(Nc1ccccc1)C(=O)OCC. The van der Waals surface area contributed by atoms with Crippen LogP contribution in [0.2, 0.25) is 0 Å². The highest BCUT2D eigenvalue weighted by Gasteiger charge is 2.18. The van der Waals surface area contributed by atoms with Crippen molar-refractivity contribution in [3.8, 4) is 0 Å². The Morgan fingerprint density at radius 3 is 2.59 bits per heavy atom. The van der Waals surface area contributed by atoms with Crippen molar-refractivity contribution in [2.75, 3.05) is 11.9 Å². The van der Waals surface area contributed by atoms with Gasteiger partial charge in [0, 0.05) is 5.69 Å². The van der Waals surface area contributed by atoms with Crippen LogP contribution < -0.4 is 5.32 Å². The highest BCUT2D eigenvalue weighted by molar-refractivity contribution is 5.79. The fourth-order valence-electron chi connectivity index (χ4n) is 1.64. The van der Waals surface area contributed by atoms with Crippen molar-refractivity contribution in [3.63, 3.8) is 0 Å². The minimum Gasteiger partial charge on any atom is -0.464 e. The number of carbonyl (C=O) groups is 1. The first-order valence-corrected chi connectivity index (χ1v) is 6.26. The molecule has 1 aromatic rings. The van der Waals surface area contributed by atoms with Crippen molar-refractivity contribution in [3.05, 3.63) is 30.3 Å². The van der Waals surface area contributed by atoms with Gasteiger partial charge in [-0.05, 0) is 25.5 Å². The first-order chi connectivity index (χ1) is 8.27. The maximum Gasteiger partial charge on any atom is 0.328 e. The Bertz CT molecular complexity index is 324. The van der Waals surface area contributed by atoms with Gasteiger partial charge in [0.25, 0.3) is 0 Å². The van der Waals surface area contributed by atoms with Crippen LogP contribution in [0, 0.1) is 0 Å². The van der Waals surface area contributed by atoms with Crippen molar-refractivity contribution in [2.45, 2.75) is 39.2 Å². The van der Waals surface area contributed by atoms with E-state index in [4.69, 9.17) is 4.74 Å². The Labute approximate surface area is 103 Å². The van der Waals surface area contributed by atoms with Crippen LogP contribution in [0.15, 0.2) is 30.3 Å². The predicted molar refractivity (Wildman–Crippen MR) is 70.0 cm³/mol. The van der Waals surface area contributed by atoms with E-state index in [9.17, 15) is 4.79 Å². The number of esters is 1. The Morgan fingerprint density at radius 2 is 2.00 bits per heavy atom. The molecule has 0 aliphatic heterocycles. The quantitative estimate of drug-likeness (QED) is 0.737. The zero-order valence-electron chi connectivity index (χ0n) is 10.6. The molecule has 1 N–H and O–H groups in total. The number of rotatable bonds is 7. The summed E-state index contributed by atoms with van der Waals surface area (Å²) < 4.78 is 5.07. The Kier molecular flexibility index (Phi) is 6.15. The van der Waals surface area contributed by atoms with Gasteiger partial charge in [-0.15, -0.1) is 0 Å². The lowest BCUT2D eigenvalue weighted by Gasteiger charge is -2.18. The third-order valence-electron chi connectivity index (χ3n) is 2.53. The van der Waals surface area contributed by atoms with Crippen LogP contribution in [-0.4, -0.2) is 18.6 Å². The molecule has 17 heavy (non-hydrogen) atoms. The molecule has 0 heterocycles. The molecule has 0 radical (unpaired) electrons. The zero-order valence-corrected chi connectivity index (χ0v) is 10.6. The second-order valence-corrected chi connectivity index (χ2v) is 3.96. The lowest BCUT2D eigenvalue weighted by Crippen LogP contribution is -2.31. The van der Waals surface area contributed by atoms with Gasteiger partial charge in [-0.3, -0.25) is 0 Å². The van der Waals surface area contributed by atoms with Crippen LogP contribution in [0.4, 0.5) is 5.69 Å². The van der Waals surface area contributed by atoms with E-state index >= 15 is 0 Å². The first-order valence-electron chi connectivity index (χ1n) is 6.26. The van der Waals surface area contributed by atoms with E-state index in [-0.39, 0.29) is 12.0 Å². The molecule has 1 atom stereocenters. The fourth-order valence-corrected chi connectivity index (χ4v) is 1.64. The van der Waals surface area contributed by atoms with Crippen molar-refractivity contribution >= 4 is 11.7 Å². The number of para-hydroxylation sites is 1. The smallest absolute Gasteiger partial charge is 0.328 e. The summed E-state index contributed by atoms with van der Waals surface area (Å²) in [7, 11) is 0. The Hall–Kier alpha value is -1.51. The van der Waals surface area contributed by atoms with Gasteiger partial charge in [0.1, 0.15) is 6.04 Å². The van der Waals surface area contributed by atoms with E-state index in [0.29, 0.717) is 6.61 Å². The number of hydrogen-bond donors (Lipinski definition) is 1. The van der Waals surface area contributed by atoms with E-state index in [0.717, 1.165) is 24.9 Å². The molecular formula is C14H21NO2. The molecule has 0 fully saturated rings. The normalized spacial score (nSPS) is 11.9. The number of hydrogen-bond acceptors (Lipinski definition) is 3. The van der Waals surface area contributed by atoms with Crippen LogP contribution in [-0.2, 0) is 9.53 Å². The number of ether oxygens (including phenoxy) is 1. The average Bonchev–Trinajstić information content (AvgIpc) is 2.36. The summed E-state index contributed by atoms with van der Waals surface area (Å²) in [6.45, 7) is 4.37. The molecule has 0 aromatic heterocycles. The van der Waals surface area contributed by atoms with Crippen LogP contribution >= 0.6 is 0 Å². The second kappa shape index (κ2) is 7.71. The Balaban J connectivity index is 2.59. The molecule has 0 saturated carbocycles. The summed E-state index contributed by atoms with van der Waals surface area (Å²) in [5.74, 6) is -0.162. The molecule has 1 rings (SSSR count). The molecule has 0 bridgehead atoms. The minimum atomic E-state index is -0.239. The summed E-state index contributed by atoms with van der Waals surface area (Å²) in [5, 5.41) is 3.22. The third-order valence-corrected chi connectivity index (χ3v) is 2.53. The monoisotopic (exact) mass is 235 g/mol. The molecule has 0 saturated heterocycles. The standard InChI is InChI=1S/C14H21NO2/c1-3-5-11-13(14(16)17-4-2)15-12-9-7-6-8-10-12/h6-10,13,15H,3-5,11H2,1-2H3. The lowest BCUT2D eigenvalue weighted by atomic mass is 10.1. The molecule has 3 heteroatoms. The molecule has 0 aliphatic carbocycles. The number of benzene rings is 1. The molecule has 0 spiro atoms. The minimum absolute atomic E-state index is 0.162. The molecule has 1 aromatic carbocycles. The zero-order chi connectivity index (χ0) is 12.5. The maximum absolute atomic E-state index is 11.8. The summed E-state index contributed by atoms with van der Waals surface area (Å²) in [6.07, 6.45) is 2.90. The molecule has 3 nitrogen and oxygen atoms in total. The second-order valence-electron chi connectivity index (χ2n) is 3.96. The van der Waals surface area contributed by atoms with Crippen LogP contribution in [0.25, 0.3) is 0 Å². The van der Waals surface area contributed by atoms with Gasteiger partial charge >= 0.3 is 5.97 Å². The van der Waals surface area contributed by atoms with E-state index in [1.54, 1.807) is 0 Å². The van der Waals surface area contributed by atoms with Crippen LogP contribution in [0.1, 0.15) is 33.1 Å².